The Morgan fingerprint density at radius 2 is 1.83 bits per heavy atom. The SMILES string of the molecule is Cc1cc(CCO)c(C)cc1O. The Kier molecular flexibility index (Phi) is 2.71. The minimum atomic E-state index is 0.158. The maximum atomic E-state index is 9.33. The van der Waals surface area contributed by atoms with Gasteiger partial charge in [0.05, 0.1) is 0 Å². The van der Waals surface area contributed by atoms with Gasteiger partial charge in [-0.2, -0.15) is 0 Å². The number of phenolic OH excluding ortho intramolecular Hbond substituents is 1. The quantitative estimate of drug-likeness (QED) is 0.699. The number of aromatic hydroxyl groups is 1. The van der Waals surface area contributed by atoms with Crippen molar-refractivity contribution < 1.29 is 10.2 Å². The van der Waals surface area contributed by atoms with Gasteiger partial charge in [-0.15, -0.1) is 0 Å². The van der Waals surface area contributed by atoms with Gasteiger partial charge < -0.3 is 10.2 Å². The van der Waals surface area contributed by atoms with Crippen molar-refractivity contribution in [2.24, 2.45) is 0 Å². The van der Waals surface area contributed by atoms with Crippen molar-refractivity contribution in [2.75, 3.05) is 6.61 Å². The van der Waals surface area contributed by atoms with E-state index >= 15 is 0 Å². The summed E-state index contributed by atoms with van der Waals surface area (Å²) in [6.45, 7) is 3.95. The molecule has 0 saturated heterocycles. The number of aliphatic hydroxyl groups excluding tert-OH is 1. The first-order valence-electron chi connectivity index (χ1n) is 4.05. The van der Waals surface area contributed by atoms with E-state index in [1.807, 2.05) is 19.9 Å². The molecular formula is C10H14O2. The second kappa shape index (κ2) is 3.59. The normalized spacial score (nSPS) is 10.2. The highest BCUT2D eigenvalue weighted by Crippen LogP contribution is 2.21. The Bertz CT molecular complexity index is 279. The molecule has 0 fully saturated rings. The summed E-state index contributed by atoms with van der Waals surface area (Å²) in [5, 5.41) is 18.1. The van der Waals surface area contributed by atoms with E-state index in [0.29, 0.717) is 12.2 Å². The van der Waals surface area contributed by atoms with Crippen molar-refractivity contribution in [2.45, 2.75) is 20.3 Å². The molecular weight excluding hydrogens is 152 g/mol. The van der Waals surface area contributed by atoms with Crippen molar-refractivity contribution in [3.8, 4) is 5.75 Å². The van der Waals surface area contributed by atoms with Crippen LogP contribution in [0.4, 0.5) is 0 Å². The highest BCUT2D eigenvalue weighted by atomic mass is 16.3. The fraction of sp³-hybridized carbons (Fsp3) is 0.400. The molecule has 0 heterocycles. The summed E-state index contributed by atoms with van der Waals surface area (Å²) in [7, 11) is 0. The van der Waals surface area contributed by atoms with Crippen molar-refractivity contribution in [3.05, 3.63) is 28.8 Å². The van der Waals surface area contributed by atoms with Gasteiger partial charge in [-0.1, -0.05) is 6.07 Å². The third kappa shape index (κ3) is 1.77. The molecule has 0 radical (unpaired) electrons. The fourth-order valence-electron chi connectivity index (χ4n) is 1.25. The third-order valence-corrected chi connectivity index (χ3v) is 2.04. The molecule has 1 rings (SSSR count). The summed E-state index contributed by atoms with van der Waals surface area (Å²) in [5.74, 6) is 0.328. The Hall–Kier alpha value is -1.02. The predicted molar refractivity (Wildman–Crippen MR) is 48.4 cm³/mol. The van der Waals surface area contributed by atoms with Crippen LogP contribution in [0.2, 0.25) is 0 Å². The molecule has 0 aliphatic rings. The zero-order valence-electron chi connectivity index (χ0n) is 7.46. The lowest BCUT2D eigenvalue weighted by atomic mass is 10.0. The maximum Gasteiger partial charge on any atom is 0.118 e. The lowest BCUT2D eigenvalue weighted by Crippen LogP contribution is -1.94. The van der Waals surface area contributed by atoms with E-state index in [9.17, 15) is 5.11 Å². The van der Waals surface area contributed by atoms with Gasteiger partial charge in [0, 0.05) is 6.61 Å². The smallest absolute Gasteiger partial charge is 0.118 e. The minimum Gasteiger partial charge on any atom is -0.508 e. The van der Waals surface area contributed by atoms with Crippen LogP contribution in [0.1, 0.15) is 16.7 Å². The van der Waals surface area contributed by atoms with Gasteiger partial charge in [-0.3, -0.25) is 0 Å². The largest absolute Gasteiger partial charge is 0.508 e. The van der Waals surface area contributed by atoms with Crippen LogP contribution in [0.15, 0.2) is 12.1 Å². The molecule has 0 aliphatic carbocycles. The van der Waals surface area contributed by atoms with E-state index in [1.165, 1.54) is 0 Å². The molecule has 1 aromatic rings. The summed E-state index contributed by atoms with van der Waals surface area (Å²) in [6, 6.07) is 3.65. The standard InChI is InChI=1S/C10H14O2/c1-7-6-10(12)8(2)5-9(7)3-4-11/h5-6,11-12H,3-4H2,1-2H3. The molecule has 12 heavy (non-hydrogen) atoms. The Morgan fingerprint density at radius 1 is 1.17 bits per heavy atom. The highest BCUT2D eigenvalue weighted by Gasteiger charge is 2.02. The fourth-order valence-corrected chi connectivity index (χ4v) is 1.25. The summed E-state index contributed by atoms with van der Waals surface area (Å²) in [5.41, 5.74) is 3.00. The summed E-state index contributed by atoms with van der Waals surface area (Å²) in [6.07, 6.45) is 0.660. The topological polar surface area (TPSA) is 40.5 Å². The molecule has 0 bridgehead atoms. The Balaban J connectivity index is 3.05. The minimum absolute atomic E-state index is 0.158. The second-order valence-electron chi connectivity index (χ2n) is 3.04. The van der Waals surface area contributed by atoms with Crippen LogP contribution >= 0.6 is 0 Å². The van der Waals surface area contributed by atoms with Crippen LogP contribution in [0.5, 0.6) is 5.75 Å². The zero-order valence-corrected chi connectivity index (χ0v) is 7.46. The third-order valence-electron chi connectivity index (χ3n) is 2.04. The van der Waals surface area contributed by atoms with Gasteiger partial charge in [-0.25, -0.2) is 0 Å². The molecule has 0 spiro atoms. The average molecular weight is 166 g/mol. The van der Waals surface area contributed by atoms with Crippen LogP contribution in [-0.4, -0.2) is 16.8 Å². The van der Waals surface area contributed by atoms with Crippen molar-refractivity contribution >= 4 is 0 Å². The Morgan fingerprint density at radius 3 is 2.42 bits per heavy atom. The van der Waals surface area contributed by atoms with E-state index in [1.54, 1.807) is 6.07 Å². The monoisotopic (exact) mass is 166 g/mol. The highest BCUT2D eigenvalue weighted by molar-refractivity contribution is 5.40. The number of aliphatic hydroxyl groups is 1. The van der Waals surface area contributed by atoms with Crippen LogP contribution in [0.25, 0.3) is 0 Å². The zero-order chi connectivity index (χ0) is 9.14. The number of aryl methyl sites for hydroxylation is 2. The molecule has 66 valence electrons. The molecule has 0 aliphatic heterocycles. The molecule has 0 unspecified atom stereocenters. The van der Waals surface area contributed by atoms with Crippen molar-refractivity contribution in [3.63, 3.8) is 0 Å². The van der Waals surface area contributed by atoms with E-state index in [-0.39, 0.29) is 6.61 Å². The molecule has 0 atom stereocenters. The molecule has 2 nitrogen and oxygen atoms in total. The van der Waals surface area contributed by atoms with E-state index in [4.69, 9.17) is 5.11 Å². The van der Waals surface area contributed by atoms with Crippen LogP contribution in [0, 0.1) is 13.8 Å². The number of rotatable bonds is 2. The Labute approximate surface area is 72.5 Å². The van der Waals surface area contributed by atoms with Crippen molar-refractivity contribution in [1.29, 1.82) is 0 Å². The predicted octanol–water partition coefficient (Wildman–Crippen LogP) is 1.54. The molecule has 0 aromatic heterocycles. The first-order valence-corrected chi connectivity index (χ1v) is 4.05. The summed E-state index contributed by atoms with van der Waals surface area (Å²) >= 11 is 0. The van der Waals surface area contributed by atoms with Crippen LogP contribution in [-0.2, 0) is 6.42 Å². The van der Waals surface area contributed by atoms with Gasteiger partial charge in [0.2, 0.25) is 0 Å². The van der Waals surface area contributed by atoms with Crippen LogP contribution in [0.3, 0.4) is 0 Å². The van der Waals surface area contributed by atoms with Crippen LogP contribution < -0.4 is 0 Å². The molecule has 0 amide bonds. The number of benzene rings is 1. The van der Waals surface area contributed by atoms with E-state index in [0.717, 1.165) is 16.7 Å². The first kappa shape index (κ1) is 9.07. The summed E-state index contributed by atoms with van der Waals surface area (Å²) < 4.78 is 0. The number of phenols is 1. The van der Waals surface area contributed by atoms with Gasteiger partial charge in [0.25, 0.3) is 0 Å². The summed E-state index contributed by atoms with van der Waals surface area (Å²) in [4.78, 5) is 0. The number of hydrogen-bond donors (Lipinski definition) is 2. The lowest BCUT2D eigenvalue weighted by molar-refractivity contribution is 0.299. The van der Waals surface area contributed by atoms with Gasteiger partial charge in [-0.05, 0) is 43.0 Å². The lowest BCUT2D eigenvalue weighted by Gasteiger charge is -2.06. The van der Waals surface area contributed by atoms with Crippen molar-refractivity contribution in [1.82, 2.24) is 0 Å². The number of hydrogen-bond acceptors (Lipinski definition) is 2. The molecule has 2 N–H and O–H groups in total. The molecule has 1 aromatic carbocycles. The van der Waals surface area contributed by atoms with E-state index < -0.39 is 0 Å². The second-order valence-corrected chi connectivity index (χ2v) is 3.04. The maximum absolute atomic E-state index is 9.33. The van der Waals surface area contributed by atoms with E-state index in [2.05, 4.69) is 0 Å². The van der Waals surface area contributed by atoms with Gasteiger partial charge in [0.1, 0.15) is 5.75 Å². The average Bonchev–Trinajstić information content (AvgIpc) is 2.01. The molecule has 2 heteroatoms. The first-order chi connectivity index (χ1) is 5.65. The molecule has 0 saturated carbocycles. The van der Waals surface area contributed by atoms with Gasteiger partial charge in [0.15, 0.2) is 0 Å². The van der Waals surface area contributed by atoms with Gasteiger partial charge >= 0.3 is 0 Å².